The molecule has 3 rings (SSSR count). The highest BCUT2D eigenvalue weighted by atomic mass is 35.5. The van der Waals surface area contributed by atoms with Gasteiger partial charge in [-0.3, -0.25) is 0 Å². The zero-order valence-electron chi connectivity index (χ0n) is 11.9. The fourth-order valence-electron chi connectivity index (χ4n) is 1.91. The van der Waals surface area contributed by atoms with Gasteiger partial charge in [0.15, 0.2) is 0 Å². The van der Waals surface area contributed by atoms with Gasteiger partial charge in [0.2, 0.25) is 5.89 Å². The average Bonchev–Trinajstić information content (AvgIpc) is 3.10. The second-order valence-corrected chi connectivity index (χ2v) is 5.01. The number of hydrogen-bond acceptors (Lipinski definition) is 6. The van der Waals surface area contributed by atoms with Gasteiger partial charge in [-0.05, 0) is 18.2 Å². The minimum atomic E-state index is -0.614. The summed E-state index contributed by atoms with van der Waals surface area (Å²) in [5.74, 6) is -0.956. The highest BCUT2D eigenvalue weighted by Gasteiger charge is 2.11. The molecule has 120 valence electrons. The van der Waals surface area contributed by atoms with Crippen molar-refractivity contribution >= 4 is 11.6 Å². The van der Waals surface area contributed by atoms with Gasteiger partial charge in [0, 0.05) is 7.11 Å². The van der Waals surface area contributed by atoms with Gasteiger partial charge in [-0.1, -0.05) is 16.8 Å². The Morgan fingerprint density at radius 3 is 3.00 bits per heavy atom. The van der Waals surface area contributed by atoms with Gasteiger partial charge in [0.1, 0.15) is 18.1 Å². The number of hydrogen-bond donors (Lipinski definition) is 0. The first-order valence-electron chi connectivity index (χ1n) is 6.49. The molecule has 0 unspecified atom stereocenters. The lowest BCUT2D eigenvalue weighted by molar-refractivity contribution is 0.158. The monoisotopic (exact) mass is 339 g/mol. The molecule has 2 aromatic heterocycles. The van der Waals surface area contributed by atoms with E-state index in [-0.39, 0.29) is 24.1 Å². The molecule has 10 heteroatoms. The van der Waals surface area contributed by atoms with Crippen LogP contribution in [0.1, 0.15) is 11.6 Å². The third-order valence-corrected chi connectivity index (χ3v) is 3.23. The summed E-state index contributed by atoms with van der Waals surface area (Å²) >= 11 is 5.74. The number of rotatable bonds is 5. The van der Waals surface area contributed by atoms with Gasteiger partial charge in [-0.25, -0.2) is 13.9 Å². The van der Waals surface area contributed by atoms with Gasteiger partial charge in [-0.2, -0.15) is 4.68 Å². The van der Waals surface area contributed by atoms with Gasteiger partial charge in [0.25, 0.3) is 0 Å². The Balaban J connectivity index is 1.82. The second kappa shape index (κ2) is 6.31. The molecule has 0 saturated carbocycles. The Kier molecular flexibility index (Phi) is 4.22. The number of nitrogens with zero attached hydrogens (tertiary/aromatic N) is 5. The lowest BCUT2D eigenvalue weighted by Gasteiger charge is -2.00. The lowest BCUT2D eigenvalue weighted by Crippen LogP contribution is -2.16. The van der Waals surface area contributed by atoms with E-state index in [1.807, 2.05) is 0 Å². The van der Waals surface area contributed by atoms with E-state index in [0.717, 1.165) is 4.68 Å². The summed E-state index contributed by atoms with van der Waals surface area (Å²) in [5.41, 5.74) is 1.02. The summed E-state index contributed by atoms with van der Waals surface area (Å²) in [6.07, 6.45) is 1.58. The first kappa shape index (κ1) is 15.4. The molecule has 2 heterocycles. The first-order chi connectivity index (χ1) is 11.1. The molecule has 0 aliphatic heterocycles. The van der Waals surface area contributed by atoms with Crippen molar-refractivity contribution < 1.29 is 13.5 Å². The van der Waals surface area contributed by atoms with Crippen LogP contribution in [0.5, 0.6) is 0 Å². The van der Waals surface area contributed by atoms with Gasteiger partial charge < -0.3 is 9.15 Å². The van der Waals surface area contributed by atoms with Gasteiger partial charge in [0.05, 0.1) is 23.5 Å². The summed E-state index contributed by atoms with van der Waals surface area (Å²) in [4.78, 5) is 11.6. The number of halogens is 2. The fourth-order valence-corrected chi connectivity index (χ4v) is 2.08. The summed E-state index contributed by atoms with van der Waals surface area (Å²) in [5, 5.41) is 11.8. The van der Waals surface area contributed by atoms with Crippen LogP contribution in [0.4, 0.5) is 4.39 Å². The van der Waals surface area contributed by atoms with Crippen LogP contribution < -0.4 is 5.76 Å². The molecule has 0 N–H and O–H groups in total. The Morgan fingerprint density at radius 1 is 1.43 bits per heavy atom. The molecule has 3 aromatic rings. The van der Waals surface area contributed by atoms with Crippen LogP contribution in [0.2, 0.25) is 5.02 Å². The number of benzene rings is 1. The molecule has 8 nitrogen and oxygen atoms in total. The molecule has 0 saturated heterocycles. The van der Waals surface area contributed by atoms with Crippen LogP contribution in [0.3, 0.4) is 0 Å². The SMILES string of the molecule is COCc1nn(Cc2cn(-c3ccc(F)c(Cl)c3)nn2)c(=O)o1. The van der Waals surface area contributed by atoms with Crippen molar-refractivity contribution in [3.8, 4) is 5.69 Å². The van der Waals surface area contributed by atoms with E-state index < -0.39 is 11.6 Å². The molecule has 23 heavy (non-hydrogen) atoms. The minimum absolute atomic E-state index is 0.0171. The van der Waals surface area contributed by atoms with Crippen molar-refractivity contribution in [2.45, 2.75) is 13.2 Å². The maximum absolute atomic E-state index is 13.2. The standard InChI is InChI=1S/C13H11ClFN5O3/c1-22-7-12-17-20(13(21)23-12)6-8-5-19(18-16-8)9-2-3-11(15)10(14)4-9/h2-5H,6-7H2,1H3. The molecule has 0 radical (unpaired) electrons. The lowest BCUT2D eigenvalue weighted by atomic mass is 10.3. The highest BCUT2D eigenvalue weighted by Crippen LogP contribution is 2.18. The molecule has 0 bridgehead atoms. The van der Waals surface area contributed by atoms with Crippen molar-refractivity contribution in [1.29, 1.82) is 0 Å². The predicted molar refractivity (Wildman–Crippen MR) is 76.9 cm³/mol. The first-order valence-corrected chi connectivity index (χ1v) is 6.87. The molecule has 0 spiro atoms. The van der Waals surface area contributed by atoms with Crippen molar-refractivity contribution in [2.24, 2.45) is 0 Å². The van der Waals surface area contributed by atoms with E-state index in [2.05, 4.69) is 15.4 Å². The van der Waals surface area contributed by atoms with E-state index in [4.69, 9.17) is 20.8 Å². The molecule has 1 aromatic carbocycles. The van der Waals surface area contributed by atoms with Crippen molar-refractivity contribution in [3.63, 3.8) is 0 Å². The highest BCUT2D eigenvalue weighted by molar-refractivity contribution is 6.30. The van der Waals surface area contributed by atoms with Gasteiger partial charge >= 0.3 is 5.76 Å². The third kappa shape index (κ3) is 3.30. The van der Waals surface area contributed by atoms with E-state index >= 15 is 0 Å². The number of methoxy groups -OCH3 is 1. The zero-order chi connectivity index (χ0) is 16.4. The van der Waals surface area contributed by atoms with Crippen LogP contribution in [-0.2, 0) is 17.9 Å². The summed E-state index contributed by atoms with van der Waals surface area (Å²) < 4.78 is 25.5. The van der Waals surface area contributed by atoms with E-state index in [0.29, 0.717) is 11.4 Å². The maximum Gasteiger partial charge on any atom is 0.437 e. The van der Waals surface area contributed by atoms with Crippen LogP contribution >= 0.6 is 11.6 Å². The molecule has 0 fully saturated rings. The molecule has 0 amide bonds. The van der Waals surface area contributed by atoms with Crippen LogP contribution in [0.25, 0.3) is 5.69 Å². The quantitative estimate of drug-likeness (QED) is 0.698. The van der Waals surface area contributed by atoms with Crippen molar-refractivity contribution in [1.82, 2.24) is 24.8 Å². The van der Waals surface area contributed by atoms with Crippen LogP contribution in [0, 0.1) is 5.82 Å². The zero-order valence-corrected chi connectivity index (χ0v) is 12.7. The van der Waals surface area contributed by atoms with E-state index in [9.17, 15) is 9.18 Å². The summed E-state index contributed by atoms with van der Waals surface area (Å²) in [6, 6.07) is 4.17. The van der Waals surface area contributed by atoms with Crippen molar-refractivity contribution in [2.75, 3.05) is 7.11 Å². The molecule has 0 aliphatic rings. The van der Waals surface area contributed by atoms with E-state index in [1.165, 1.54) is 30.0 Å². The predicted octanol–water partition coefficient (Wildman–Crippen LogP) is 1.40. The normalized spacial score (nSPS) is 11.1. The Hall–Kier alpha value is -2.52. The van der Waals surface area contributed by atoms with Crippen LogP contribution in [-0.4, -0.2) is 31.9 Å². The van der Waals surface area contributed by atoms with E-state index in [1.54, 1.807) is 6.20 Å². The molecule has 0 atom stereocenters. The Labute approximate surface area is 134 Å². The summed E-state index contributed by atoms with van der Waals surface area (Å²) in [7, 11) is 1.47. The van der Waals surface area contributed by atoms with Crippen molar-refractivity contribution in [3.05, 3.63) is 57.4 Å². The van der Waals surface area contributed by atoms with Crippen LogP contribution in [0.15, 0.2) is 33.6 Å². The number of aromatic nitrogens is 5. The Bertz CT molecular complexity index is 888. The fraction of sp³-hybridized carbons (Fsp3) is 0.231. The largest absolute Gasteiger partial charge is 0.437 e. The minimum Gasteiger partial charge on any atom is -0.390 e. The maximum atomic E-state index is 13.2. The summed E-state index contributed by atoms with van der Waals surface area (Å²) in [6.45, 7) is 0.185. The number of ether oxygens (including phenoxy) is 1. The molecular formula is C13H11ClFN5O3. The topological polar surface area (TPSA) is 88.0 Å². The molecule has 0 aliphatic carbocycles. The third-order valence-electron chi connectivity index (χ3n) is 2.94. The molecular weight excluding hydrogens is 329 g/mol. The Morgan fingerprint density at radius 2 is 2.26 bits per heavy atom. The smallest absolute Gasteiger partial charge is 0.390 e. The second-order valence-electron chi connectivity index (χ2n) is 4.61. The average molecular weight is 340 g/mol. The van der Waals surface area contributed by atoms with Gasteiger partial charge in [-0.15, -0.1) is 10.2 Å².